The molecule has 1 unspecified atom stereocenters. The normalized spacial score (nSPS) is 17.1. The molecule has 1 amide bonds. The maximum atomic E-state index is 11.1. The predicted molar refractivity (Wildman–Crippen MR) is 62.8 cm³/mol. The molecule has 0 saturated carbocycles. The first kappa shape index (κ1) is 12.5. The number of hydrogen-bond acceptors (Lipinski definition) is 5. The fourth-order valence-corrected chi connectivity index (χ4v) is 1.55. The summed E-state index contributed by atoms with van der Waals surface area (Å²) in [6, 6.07) is 7.36. The summed E-state index contributed by atoms with van der Waals surface area (Å²) in [6.45, 7) is 0.455. The first-order valence-corrected chi connectivity index (χ1v) is 5.69. The monoisotopic (exact) mass is 253 g/mol. The van der Waals surface area contributed by atoms with Gasteiger partial charge in [0.15, 0.2) is 17.6 Å². The van der Waals surface area contributed by atoms with Crippen molar-refractivity contribution in [3.8, 4) is 11.5 Å². The fourth-order valence-electron chi connectivity index (χ4n) is 1.55. The van der Waals surface area contributed by atoms with Crippen LogP contribution in [-0.2, 0) is 4.74 Å². The molecule has 0 radical (unpaired) electrons. The smallest absolute Gasteiger partial charge is 0.407 e. The van der Waals surface area contributed by atoms with Crippen molar-refractivity contribution in [1.82, 2.24) is 5.32 Å². The van der Waals surface area contributed by atoms with E-state index in [2.05, 4.69) is 10.1 Å². The lowest BCUT2D eigenvalue weighted by Crippen LogP contribution is -2.41. The molecule has 0 fully saturated rings. The Balaban J connectivity index is 1.78. The molecule has 18 heavy (non-hydrogen) atoms. The zero-order valence-corrected chi connectivity index (χ0v) is 9.80. The molecule has 0 aliphatic carbocycles. The maximum absolute atomic E-state index is 11.1. The molecule has 0 bridgehead atoms. The lowest BCUT2D eigenvalue weighted by Gasteiger charge is -2.26. The van der Waals surface area contributed by atoms with E-state index in [0.29, 0.717) is 24.7 Å². The molecule has 1 aliphatic heterocycles. The van der Waals surface area contributed by atoms with Crippen LogP contribution in [0, 0.1) is 0 Å². The van der Waals surface area contributed by atoms with Crippen molar-refractivity contribution in [2.45, 2.75) is 6.10 Å². The van der Waals surface area contributed by atoms with Gasteiger partial charge >= 0.3 is 6.09 Å². The van der Waals surface area contributed by atoms with Crippen molar-refractivity contribution in [3.63, 3.8) is 0 Å². The van der Waals surface area contributed by atoms with Crippen molar-refractivity contribution in [1.29, 1.82) is 0 Å². The van der Waals surface area contributed by atoms with Gasteiger partial charge in [-0.2, -0.15) is 0 Å². The van der Waals surface area contributed by atoms with Gasteiger partial charge in [-0.25, -0.2) is 4.79 Å². The van der Waals surface area contributed by atoms with Gasteiger partial charge in [0, 0.05) is 0 Å². The summed E-state index contributed by atoms with van der Waals surface area (Å²) >= 11 is 0. The molecular formula is C12H15NO5. The number of hydrogen-bond donors (Lipinski definition) is 2. The highest BCUT2D eigenvalue weighted by Gasteiger charge is 2.21. The van der Waals surface area contributed by atoms with Crippen molar-refractivity contribution in [2.75, 3.05) is 26.4 Å². The summed E-state index contributed by atoms with van der Waals surface area (Å²) in [6.07, 6.45) is -0.826. The number of carbonyl (C=O) groups excluding carboxylic acids is 1. The molecule has 1 aromatic carbocycles. The minimum atomic E-state index is -0.577. The van der Waals surface area contributed by atoms with Crippen molar-refractivity contribution in [3.05, 3.63) is 24.3 Å². The molecule has 0 aromatic heterocycles. The fraction of sp³-hybridized carbons (Fsp3) is 0.417. The number of amides is 1. The van der Waals surface area contributed by atoms with Crippen LogP contribution in [0.2, 0.25) is 0 Å². The van der Waals surface area contributed by atoms with Crippen LogP contribution in [0.5, 0.6) is 11.5 Å². The number of carbonyl (C=O) groups is 1. The second-order valence-corrected chi connectivity index (χ2v) is 3.74. The number of nitrogens with one attached hydrogen (secondary N) is 1. The van der Waals surface area contributed by atoms with E-state index in [0.717, 1.165) is 0 Å². The molecule has 1 atom stereocenters. The molecule has 98 valence electrons. The van der Waals surface area contributed by atoms with Crippen molar-refractivity contribution < 1.29 is 24.1 Å². The Morgan fingerprint density at radius 1 is 1.44 bits per heavy atom. The average Bonchev–Trinajstić information content (AvgIpc) is 2.42. The van der Waals surface area contributed by atoms with Crippen LogP contribution in [-0.4, -0.2) is 43.7 Å². The molecule has 1 aromatic rings. The standard InChI is InChI=1S/C12H15NO5/c14-5-6-16-12(15)13-7-9-8-17-10-3-1-2-4-11(10)18-9/h1-4,9,14H,5-8H2,(H,13,15). The Bertz CT molecular complexity index is 409. The second-order valence-electron chi connectivity index (χ2n) is 3.74. The molecular weight excluding hydrogens is 238 g/mol. The van der Waals surface area contributed by atoms with Gasteiger partial charge in [-0.3, -0.25) is 0 Å². The average molecular weight is 253 g/mol. The zero-order valence-electron chi connectivity index (χ0n) is 9.80. The van der Waals surface area contributed by atoms with Gasteiger partial charge < -0.3 is 24.6 Å². The molecule has 6 heteroatoms. The van der Waals surface area contributed by atoms with Gasteiger partial charge in [0.1, 0.15) is 13.2 Å². The molecule has 0 saturated heterocycles. The Morgan fingerprint density at radius 3 is 3.00 bits per heavy atom. The van der Waals surface area contributed by atoms with Crippen LogP contribution in [0.15, 0.2) is 24.3 Å². The Hall–Kier alpha value is -1.95. The van der Waals surface area contributed by atoms with Crippen LogP contribution in [0.4, 0.5) is 4.79 Å². The lowest BCUT2D eigenvalue weighted by atomic mass is 10.2. The van der Waals surface area contributed by atoms with Crippen molar-refractivity contribution >= 4 is 6.09 Å². The quantitative estimate of drug-likeness (QED) is 0.819. The summed E-state index contributed by atoms with van der Waals surface area (Å²) in [5.74, 6) is 1.37. The molecule has 1 heterocycles. The van der Waals surface area contributed by atoms with E-state index in [9.17, 15) is 4.79 Å². The molecule has 1 aliphatic rings. The number of benzene rings is 1. The minimum absolute atomic E-state index is 0.0172. The highest BCUT2D eigenvalue weighted by atomic mass is 16.6. The SMILES string of the molecule is O=C(NCC1COc2ccccc2O1)OCCO. The van der Waals surface area contributed by atoms with Crippen LogP contribution in [0.3, 0.4) is 0 Å². The number of fused-ring (bicyclic) bond motifs is 1. The number of alkyl carbamates (subject to hydrolysis) is 1. The van der Waals surface area contributed by atoms with Gasteiger partial charge in [-0.05, 0) is 12.1 Å². The third kappa shape index (κ3) is 3.27. The third-order valence-corrected chi connectivity index (χ3v) is 2.37. The van der Waals surface area contributed by atoms with E-state index < -0.39 is 6.09 Å². The predicted octanol–water partition coefficient (Wildman–Crippen LogP) is 0.545. The first-order valence-electron chi connectivity index (χ1n) is 5.69. The lowest BCUT2D eigenvalue weighted by molar-refractivity contribution is 0.0824. The van der Waals surface area contributed by atoms with Crippen LogP contribution in [0.1, 0.15) is 0 Å². The van der Waals surface area contributed by atoms with Gasteiger partial charge in [-0.1, -0.05) is 12.1 Å². The zero-order chi connectivity index (χ0) is 12.8. The van der Waals surface area contributed by atoms with Gasteiger partial charge in [-0.15, -0.1) is 0 Å². The molecule has 2 N–H and O–H groups in total. The number of para-hydroxylation sites is 2. The summed E-state index contributed by atoms with van der Waals surface area (Å²) in [5, 5.41) is 11.0. The molecule has 2 rings (SSSR count). The third-order valence-electron chi connectivity index (χ3n) is 2.37. The Kier molecular flexibility index (Phi) is 4.25. The van der Waals surface area contributed by atoms with E-state index in [-0.39, 0.29) is 19.3 Å². The van der Waals surface area contributed by atoms with E-state index in [4.69, 9.17) is 14.6 Å². The van der Waals surface area contributed by atoms with Crippen LogP contribution < -0.4 is 14.8 Å². The van der Waals surface area contributed by atoms with E-state index >= 15 is 0 Å². The van der Waals surface area contributed by atoms with E-state index in [1.54, 1.807) is 0 Å². The van der Waals surface area contributed by atoms with Crippen LogP contribution >= 0.6 is 0 Å². The Labute approximate surface area is 104 Å². The minimum Gasteiger partial charge on any atom is -0.486 e. The largest absolute Gasteiger partial charge is 0.486 e. The van der Waals surface area contributed by atoms with Crippen molar-refractivity contribution in [2.24, 2.45) is 0 Å². The summed E-state index contributed by atoms with van der Waals surface area (Å²) in [7, 11) is 0. The topological polar surface area (TPSA) is 77.0 Å². The van der Waals surface area contributed by atoms with Gasteiger partial charge in [0.05, 0.1) is 13.2 Å². The molecule has 0 spiro atoms. The number of ether oxygens (including phenoxy) is 3. The van der Waals surface area contributed by atoms with Gasteiger partial charge in [0.2, 0.25) is 0 Å². The van der Waals surface area contributed by atoms with E-state index in [1.807, 2.05) is 24.3 Å². The van der Waals surface area contributed by atoms with Gasteiger partial charge in [0.25, 0.3) is 0 Å². The van der Waals surface area contributed by atoms with E-state index in [1.165, 1.54) is 0 Å². The number of aliphatic hydroxyl groups is 1. The molecule has 6 nitrogen and oxygen atoms in total. The number of rotatable bonds is 4. The number of aliphatic hydroxyl groups excluding tert-OH is 1. The summed E-state index contributed by atoms with van der Waals surface area (Å²) < 4.78 is 15.8. The summed E-state index contributed by atoms with van der Waals surface area (Å²) in [4.78, 5) is 11.1. The Morgan fingerprint density at radius 2 is 2.22 bits per heavy atom. The second kappa shape index (κ2) is 6.11. The first-order chi connectivity index (χ1) is 8.79. The highest BCUT2D eigenvalue weighted by Crippen LogP contribution is 2.30. The maximum Gasteiger partial charge on any atom is 0.407 e. The highest BCUT2D eigenvalue weighted by molar-refractivity contribution is 5.67. The van der Waals surface area contributed by atoms with Crippen LogP contribution in [0.25, 0.3) is 0 Å². The summed E-state index contributed by atoms with van der Waals surface area (Å²) in [5.41, 5.74) is 0.